The summed E-state index contributed by atoms with van der Waals surface area (Å²) in [6.07, 6.45) is 6.28. The number of nitrogens with zero attached hydrogens (tertiary/aromatic N) is 1. The van der Waals surface area contributed by atoms with E-state index in [0.29, 0.717) is 0 Å². The van der Waals surface area contributed by atoms with E-state index in [1.165, 1.54) is 42.5 Å². The first-order chi connectivity index (χ1) is 7.95. The fourth-order valence-electron chi connectivity index (χ4n) is 2.49. The van der Waals surface area contributed by atoms with Crippen LogP contribution in [-0.2, 0) is 12.8 Å². The summed E-state index contributed by atoms with van der Waals surface area (Å²) in [6, 6.07) is 10.5. The van der Waals surface area contributed by atoms with E-state index in [-0.39, 0.29) is 0 Å². The second-order valence-corrected chi connectivity index (χ2v) is 4.46. The summed E-state index contributed by atoms with van der Waals surface area (Å²) in [5.74, 6) is 0. The van der Waals surface area contributed by atoms with Gasteiger partial charge in [0.05, 0.1) is 5.69 Å². The predicted octanol–water partition coefficient (Wildman–Crippen LogP) is 3.35. The molecule has 0 unspecified atom stereocenters. The Kier molecular flexibility index (Phi) is 2.49. The highest BCUT2D eigenvalue weighted by molar-refractivity contribution is 5.64. The van der Waals surface area contributed by atoms with Crippen molar-refractivity contribution >= 4 is 0 Å². The van der Waals surface area contributed by atoms with Gasteiger partial charge in [-0.05, 0) is 25.7 Å². The van der Waals surface area contributed by atoms with Crippen molar-refractivity contribution in [3.8, 4) is 11.3 Å². The summed E-state index contributed by atoms with van der Waals surface area (Å²) in [6.45, 7) is 0. The molecular weight excluding hydrogens is 196 g/mol. The van der Waals surface area contributed by atoms with Gasteiger partial charge in [0.1, 0.15) is 0 Å². The van der Waals surface area contributed by atoms with Crippen molar-refractivity contribution in [2.24, 2.45) is 0 Å². The summed E-state index contributed by atoms with van der Waals surface area (Å²) in [5, 5.41) is 7.70. The summed E-state index contributed by atoms with van der Waals surface area (Å²) >= 11 is 0. The molecule has 1 aromatic carbocycles. The first-order valence-electron chi connectivity index (χ1n) is 6.07. The van der Waals surface area contributed by atoms with Crippen LogP contribution in [0.2, 0.25) is 0 Å². The molecular formula is C14H16N2. The lowest BCUT2D eigenvalue weighted by Crippen LogP contribution is -1.89. The first kappa shape index (κ1) is 9.64. The van der Waals surface area contributed by atoms with Crippen molar-refractivity contribution in [1.29, 1.82) is 0 Å². The van der Waals surface area contributed by atoms with Gasteiger partial charge < -0.3 is 0 Å². The number of rotatable bonds is 1. The Hall–Kier alpha value is -1.57. The van der Waals surface area contributed by atoms with Gasteiger partial charge in [-0.2, -0.15) is 5.10 Å². The maximum atomic E-state index is 4.48. The topological polar surface area (TPSA) is 28.7 Å². The van der Waals surface area contributed by atoms with E-state index in [1.54, 1.807) is 0 Å². The quantitative estimate of drug-likeness (QED) is 0.721. The van der Waals surface area contributed by atoms with Crippen LogP contribution in [0.4, 0.5) is 0 Å². The number of aryl methyl sites for hydroxylation is 1. The first-order valence-corrected chi connectivity index (χ1v) is 6.07. The molecule has 0 saturated heterocycles. The molecule has 82 valence electrons. The van der Waals surface area contributed by atoms with Gasteiger partial charge in [0.2, 0.25) is 0 Å². The van der Waals surface area contributed by atoms with Crippen LogP contribution < -0.4 is 0 Å². The van der Waals surface area contributed by atoms with E-state index in [0.717, 1.165) is 12.1 Å². The molecule has 3 rings (SSSR count). The van der Waals surface area contributed by atoms with Crippen molar-refractivity contribution in [3.63, 3.8) is 0 Å². The van der Waals surface area contributed by atoms with Crippen molar-refractivity contribution < 1.29 is 0 Å². The number of aromatic amines is 1. The average Bonchev–Trinajstić information content (AvgIpc) is 2.60. The average molecular weight is 212 g/mol. The van der Waals surface area contributed by atoms with Crippen molar-refractivity contribution in [2.45, 2.75) is 32.1 Å². The lowest BCUT2D eigenvalue weighted by molar-refractivity contribution is 0.703. The van der Waals surface area contributed by atoms with E-state index in [9.17, 15) is 0 Å². The molecule has 0 fully saturated rings. The zero-order chi connectivity index (χ0) is 10.8. The molecule has 0 radical (unpaired) electrons. The normalized spacial score (nSPS) is 15.5. The third-order valence-corrected chi connectivity index (χ3v) is 3.35. The van der Waals surface area contributed by atoms with E-state index < -0.39 is 0 Å². The molecule has 1 aliphatic rings. The van der Waals surface area contributed by atoms with Gasteiger partial charge in [0.15, 0.2) is 0 Å². The number of fused-ring (bicyclic) bond motifs is 1. The molecule has 0 bridgehead atoms. The van der Waals surface area contributed by atoms with E-state index in [4.69, 9.17) is 0 Å². The highest BCUT2D eigenvalue weighted by Crippen LogP contribution is 2.28. The minimum Gasteiger partial charge on any atom is -0.282 e. The van der Waals surface area contributed by atoms with Crippen molar-refractivity contribution in [2.75, 3.05) is 0 Å². The van der Waals surface area contributed by atoms with Gasteiger partial charge >= 0.3 is 0 Å². The number of benzene rings is 1. The Bertz CT molecular complexity index is 471. The second kappa shape index (κ2) is 4.12. The summed E-state index contributed by atoms with van der Waals surface area (Å²) in [7, 11) is 0. The minimum absolute atomic E-state index is 1.16. The number of H-pyrrole nitrogens is 1. The van der Waals surface area contributed by atoms with E-state index >= 15 is 0 Å². The molecule has 0 saturated carbocycles. The van der Waals surface area contributed by atoms with Gasteiger partial charge in [-0.1, -0.05) is 36.8 Å². The Labute approximate surface area is 95.7 Å². The predicted molar refractivity (Wildman–Crippen MR) is 65.3 cm³/mol. The van der Waals surface area contributed by atoms with Crippen LogP contribution in [0.3, 0.4) is 0 Å². The standard InChI is InChI=1S/C14H16N2/c1-3-7-11(8-4-1)14-12-9-5-2-6-10-13(12)15-16-14/h1,3-4,7-8H,2,5-6,9-10H2,(H,15,16). The number of hydrogen-bond donors (Lipinski definition) is 1. The highest BCUT2D eigenvalue weighted by Gasteiger charge is 2.16. The van der Waals surface area contributed by atoms with E-state index in [1.807, 2.05) is 0 Å². The van der Waals surface area contributed by atoms with Gasteiger partial charge in [-0.3, -0.25) is 5.10 Å². The van der Waals surface area contributed by atoms with Crippen LogP contribution in [0.1, 0.15) is 30.5 Å². The van der Waals surface area contributed by atoms with Crippen LogP contribution in [-0.4, -0.2) is 10.2 Å². The molecule has 0 atom stereocenters. The fraction of sp³-hybridized carbons (Fsp3) is 0.357. The largest absolute Gasteiger partial charge is 0.282 e. The molecule has 1 aromatic heterocycles. The van der Waals surface area contributed by atoms with Crippen molar-refractivity contribution in [3.05, 3.63) is 41.6 Å². The monoisotopic (exact) mass is 212 g/mol. The molecule has 0 amide bonds. The Balaban J connectivity index is 2.06. The zero-order valence-electron chi connectivity index (χ0n) is 9.37. The smallest absolute Gasteiger partial charge is 0.0955 e. The molecule has 2 nitrogen and oxygen atoms in total. The molecule has 2 heteroatoms. The SMILES string of the molecule is c1ccc(-c2n[nH]c3c2CCCCC3)cc1. The number of aromatic nitrogens is 2. The van der Waals surface area contributed by atoms with Gasteiger partial charge in [-0.25, -0.2) is 0 Å². The number of hydrogen-bond acceptors (Lipinski definition) is 1. The van der Waals surface area contributed by atoms with Crippen LogP contribution in [0.25, 0.3) is 11.3 Å². The van der Waals surface area contributed by atoms with Gasteiger partial charge in [0, 0.05) is 16.8 Å². The number of nitrogens with one attached hydrogen (secondary N) is 1. The fourth-order valence-corrected chi connectivity index (χ4v) is 2.49. The molecule has 0 aliphatic heterocycles. The van der Waals surface area contributed by atoms with Gasteiger partial charge in [0.25, 0.3) is 0 Å². The summed E-state index contributed by atoms with van der Waals surface area (Å²) in [4.78, 5) is 0. The molecule has 1 heterocycles. The third kappa shape index (κ3) is 1.64. The lowest BCUT2D eigenvalue weighted by atomic mass is 10.0. The zero-order valence-corrected chi connectivity index (χ0v) is 9.37. The Morgan fingerprint density at radius 1 is 0.938 bits per heavy atom. The molecule has 0 spiro atoms. The highest BCUT2D eigenvalue weighted by atomic mass is 15.1. The van der Waals surface area contributed by atoms with Gasteiger partial charge in [-0.15, -0.1) is 0 Å². The van der Waals surface area contributed by atoms with Crippen LogP contribution in [0.5, 0.6) is 0 Å². The van der Waals surface area contributed by atoms with Crippen molar-refractivity contribution in [1.82, 2.24) is 10.2 Å². The summed E-state index contributed by atoms with van der Waals surface area (Å²) in [5.41, 5.74) is 5.21. The molecule has 16 heavy (non-hydrogen) atoms. The molecule has 2 aromatic rings. The lowest BCUT2D eigenvalue weighted by Gasteiger charge is -2.01. The van der Waals surface area contributed by atoms with Crippen LogP contribution in [0, 0.1) is 0 Å². The summed E-state index contributed by atoms with van der Waals surface area (Å²) < 4.78 is 0. The van der Waals surface area contributed by atoms with Crippen LogP contribution in [0.15, 0.2) is 30.3 Å². The molecule has 1 aliphatic carbocycles. The Morgan fingerprint density at radius 3 is 2.62 bits per heavy atom. The second-order valence-electron chi connectivity index (χ2n) is 4.46. The maximum absolute atomic E-state index is 4.48. The van der Waals surface area contributed by atoms with E-state index in [2.05, 4.69) is 40.5 Å². The minimum atomic E-state index is 1.16. The molecule has 1 N–H and O–H groups in total. The Morgan fingerprint density at radius 2 is 1.75 bits per heavy atom. The van der Waals surface area contributed by atoms with Crippen LogP contribution >= 0.6 is 0 Å². The maximum Gasteiger partial charge on any atom is 0.0955 e. The third-order valence-electron chi connectivity index (χ3n) is 3.35.